The van der Waals surface area contributed by atoms with E-state index in [0.717, 1.165) is 0 Å². The van der Waals surface area contributed by atoms with Crippen molar-refractivity contribution in [3.8, 4) is 34.4 Å². The summed E-state index contributed by atoms with van der Waals surface area (Å²) < 4.78 is 1.59. The van der Waals surface area contributed by atoms with Crippen LogP contribution in [0.2, 0.25) is 0 Å². The highest BCUT2D eigenvalue weighted by atomic mass is 16.4. The molecule has 0 saturated heterocycles. The second-order valence-electron chi connectivity index (χ2n) is 5.13. The SMILES string of the molecule is N#Cc1cn(-c2ccc(C(=O)O)c(O)c2)cc1-c1ccccc1O. The third-order valence-corrected chi connectivity index (χ3v) is 3.65. The predicted molar refractivity (Wildman–Crippen MR) is 86.2 cm³/mol. The second kappa shape index (κ2) is 5.82. The van der Waals surface area contributed by atoms with Crippen LogP contribution in [0, 0.1) is 11.3 Å². The molecule has 0 radical (unpaired) electrons. The number of aromatic nitrogens is 1. The van der Waals surface area contributed by atoms with Gasteiger partial charge in [-0.3, -0.25) is 0 Å². The van der Waals surface area contributed by atoms with E-state index in [4.69, 9.17) is 5.11 Å². The van der Waals surface area contributed by atoms with Crippen molar-refractivity contribution >= 4 is 5.97 Å². The van der Waals surface area contributed by atoms with Gasteiger partial charge in [0.05, 0.1) is 5.56 Å². The number of aromatic carboxylic acids is 1. The van der Waals surface area contributed by atoms with E-state index in [1.807, 2.05) is 0 Å². The van der Waals surface area contributed by atoms with Crippen LogP contribution in [0.1, 0.15) is 15.9 Å². The number of para-hydroxylation sites is 1. The smallest absolute Gasteiger partial charge is 0.339 e. The fraction of sp³-hybridized carbons (Fsp3) is 0. The highest BCUT2D eigenvalue weighted by Gasteiger charge is 2.15. The van der Waals surface area contributed by atoms with Crippen LogP contribution < -0.4 is 0 Å². The van der Waals surface area contributed by atoms with Crippen molar-refractivity contribution < 1.29 is 20.1 Å². The molecule has 118 valence electrons. The molecule has 0 atom stereocenters. The van der Waals surface area contributed by atoms with Crippen LogP contribution in [0.3, 0.4) is 0 Å². The molecule has 0 bridgehead atoms. The molecule has 6 heteroatoms. The van der Waals surface area contributed by atoms with Crippen molar-refractivity contribution in [3.63, 3.8) is 0 Å². The Morgan fingerprint density at radius 3 is 2.38 bits per heavy atom. The average Bonchev–Trinajstić information content (AvgIpc) is 2.99. The number of carboxylic acid groups (broad SMARTS) is 1. The molecule has 3 aromatic rings. The van der Waals surface area contributed by atoms with Crippen molar-refractivity contribution in [3.05, 3.63) is 66.0 Å². The number of phenolic OH excluding ortho intramolecular Hbond substituents is 1. The van der Waals surface area contributed by atoms with Gasteiger partial charge in [0.25, 0.3) is 0 Å². The zero-order valence-corrected chi connectivity index (χ0v) is 12.3. The van der Waals surface area contributed by atoms with Crippen LogP contribution in [-0.2, 0) is 0 Å². The molecule has 0 aliphatic rings. The van der Waals surface area contributed by atoms with Gasteiger partial charge in [-0.1, -0.05) is 18.2 Å². The molecule has 6 nitrogen and oxygen atoms in total. The summed E-state index contributed by atoms with van der Waals surface area (Å²) in [6.45, 7) is 0. The van der Waals surface area contributed by atoms with Crippen LogP contribution in [0.15, 0.2) is 54.9 Å². The Balaban J connectivity index is 2.12. The number of hydrogen-bond donors (Lipinski definition) is 3. The Morgan fingerprint density at radius 2 is 1.75 bits per heavy atom. The predicted octanol–water partition coefficient (Wildman–Crippen LogP) is 3.13. The third kappa shape index (κ3) is 2.55. The molecule has 0 saturated carbocycles. The number of rotatable bonds is 3. The van der Waals surface area contributed by atoms with Crippen LogP contribution in [-0.4, -0.2) is 25.9 Å². The summed E-state index contributed by atoms with van der Waals surface area (Å²) in [5, 5.41) is 38.1. The molecule has 0 fully saturated rings. The van der Waals surface area contributed by atoms with Crippen molar-refractivity contribution in [2.45, 2.75) is 0 Å². The molecule has 0 spiro atoms. The fourth-order valence-electron chi connectivity index (χ4n) is 2.47. The van der Waals surface area contributed by atoms with Gasteiger partial charge in [-0.05, 0) is 18.2 Å². The normalized spacial score (nSPS) is 10.3. The van der Waals surface area contributed by atoms with Gasteiger partial charge in [-0.25, -0.2) is 4.79 Å². The van der Waals surface area contributed by atoms with E-state index in [9.17, 15) is 20.3 Å². The number of benzene rings is 2. The topological polar surface area (TPSA) is 106 Å². The monoisotopic (exact) mass is 320 g/mol. The molecule has 1 aromatic heterocycles. The van der Waals surface area contributed by atoms with E-state index in [1.165, 1.54) is 24.3 Å². The fourth-order valence-corrected chi connectivity index (χ4v) is 2.47. The molecule has 24 heavy (non-hydrogen) atoms. The Bertz CT molecular complexity index is 983. The molecule has 0 aliphatic heterocycles. The quantitative estimate of drug-likeness (QED) is 0.687. The van der Waals surface area contributed by atoms with Crippen LogP contribution >= 0.6 is 0 Å². The van der Waals surface area contributed by atoms with Gasteiger partial charge >= 0.3 is 5.97 Å². The van der Waals surface area contributed by atoms with Gasteiger partial charge in [-0.2, -0.15) is 5.26 Å². The minimum Gasteiger partial charge on any atom is -0.507 e. The van der Waals surface area contributed by atoms with E-state index in [-0.39, 0.29) is 17.1 Å². The summed E-state index contributed by atoms with van der Waals surface area (Å²) in [5.74, 6) is -1.54. The van der Waals surface area contributed by atoms with E-state index >= 15 is 0 Å². The zero-order valence-electron chi connectivity index (χ0n) is 12.3. The first kappa shape index (κ1) is 15.2. The zero-order chi connectivity index (χ0) is 17.3. The number of carbonyl (C=O) groups is 1. The van der Waals surface area contributed by atoms with Gasteiger partial charge in [0.15, 0.2) is 0 Å². The van der Waals surface area contributed by atoms with E-state index in [0.29, 0.717) is 22.4 Å². The molecule has 1 heterocycles. The van der Waals surface area contributed by atoms with Gasteiger partial charge in [0.2, 0.25) is 0 Å². The first-order valence-electron chi connectivity index (χ1n) is 6.98. The van der Waals surface area contributed by atoms with Gasteiger partial charge in [-0.15, -0.1) is 0 Å². The molecule has 3 rings (SSSR count). The van der Waals surface area contributed by atoms with Crippen molar-refractivity contribution in [2.24, 2.45) is 0 Å². The number of phenols is 2. The number of carboxylic acids is 1. The van der Waals surface area contributed by atoms with Gasteiger partial charge < -0.3 is 19.9 Å². The van der Waals surface area contributed by atoms with E-state index in [1.54, 1.807) is 35.2 Å². The second-order valence-corrected chi connectivity index (χ2v) is 5.13. The first-order valence-corrected chi connectivity index (χ1v) is 6.98. The van der Waals surface area contributed by atoms with Crippen LogP contribution in [0.4, 0.5) is 0 Å². The van der Waals surface area contributed by atoms with Crippen molar-refractivity contribution in [2.75, 3.05) is 0 Å². The molecule has 0 amide bonds. The van der Waals surface area contributed by atoms with Crippen LogP contribution in [0.5, 0.6) is 11.5 Å². The highest BCUT2D eigenvalue weighted by Crippen LogP contribution is 2.33. The maximum Gasteiger partial charge on any atom is 0.339 e. The lowest BCUT2D eigenvalue weighted by Crippen LogP contribution is -1.98. The lowest BCUT2D eigenvalue weighted by Gasteiger charge is -2.06. The van der Waals surface area contributed by atoms with Gasteiger partial charge in [0, 0.05) is 35.3 Å². The molecule has 2 aromatic carbocycles. The number of nitriles is 1. The molecular formula is C18H12N2O4. The Hall–Kier alpha value is -3.72. The number of aromatic hydroxyl groups is 2. The molecule has 0 unspecified atom stereocenters. The van der Waals surface area contributed by atoms with Crippen molar-refractivity contribution in [1.29, 1.82) is 5.26 Å². The summed E-state index contributed by atoms with van der Waals surface area (Å²) in [6, 6.07) is 12.8. The molecule has 0 aliphatic carbocycles. The summed E-state index contributed by atoms with van der Waals surface area (Å²) in [4.78, 5) is 11.0. The van der Waals surface area contributed by atoms with Gasteiger partial charge in [0.1, 0.15) is 23.1 Å². The maximum absolute atomic E-state index is 11.0. The maximum atomic E-state index is 11.0. The molecular weight excluding hydrogens is 308 g/mol. The Labute approximate surface area is 137 Å². The Morgan fingerprint density at radius 1 is 1.00 bits per heavy atom. The average molecular weight is 320 g/mol. The molecule has 3 N–H and O–H groups in total. The lowest BCUT2D eigenvalue weighted by atomic mass is 10.0. The highest BCUT2D eigenvalue weighted by molar-refractivity contribution is 5.91. The number of nitrogens with zero attached hydrogens (tertiary/aromatic N) is 2. The first-order chi connectivity index (χ1) is 11.5. The summed E-state index contributed by atoms with van der Waals surface area (Å²) in [7, 11) is 0. The van der Waals surface area contributed by atoms with E-state index in [2.05, 4.69) is 6.07 Å². The minimum absolute atomic E-state index is 0.0517. The van der Waals surface area contributed by atoms with Crippen LogP contribution in [0.25, 0.3) is 16.8 Å². The lowest BCUT2D eigenvalue weighted by molar-refractivity contribution is 0.0693. The van der Waals surface area contributed by atoms with Crippen molar-refractivity contribution in [1.82, 2.24) is 4.57 Å². The standard InChI is InChI=1S/C18H12N2O4/c19-8-11-9-20(10-15(11)13-3-1-2-4-16(13)21)12-5-6-14(18(23)24)17(22)7-12/h1-7,9-10,21-22H,(H,23,24). The van der Waals surface area contributed by atoms with E-state index < -0.39 is 5.97 Å². The minimum atomic E-state index is -1.22. The summed E-state index contributed by atoms with van der Waals surface area (Å²) in [6.07, 6.45) is 3.19. The third-order valence-electron chi connectivity index (χ3n) is 3.65. The summed E-state index contributed by atoms with van der Waals surface area (Å²) >= 11 is 0. The number of hydrogen-bond acceptors (Lipinski definition) is 4. The Kier molecular flexibility index (Phi) is 3.68. The summed E-state index contributed by atoms with van der Waals surface area (Å²) in [5.41, 5.74) is 1.69. The largest absolute Gasteiger partial charge is 0.507 e.